The minimum Gasteiger partial charge on any atom is -0.399 e. The van der Waals surface area contributed by atoms with E-state index in [1.165, 1.54) is 7.11 Å². The molecule has 5 nitrogen and oxygen atoms in total. The Morgan fingerprint density at radius 3 is 2.75 bits per heavy atom. The van der Waals surface area contributed by atoms with Gasteiger partial charge in [-0.3, -0.25) is 5.41 Å². The van der Waals surface area contributed by atoms with E-state index in [1.807, 2.05) is 6.92 Å². The first kappa shape index (κ1) is 10.6. The summed E-state index contributed by atoms with van der Waals surface area (Å²) in [7, 11) is 1.50. The SMILES string of the molecule is CCC(CC=NC(=N)N)=NOC. The Labute approximate surface area is 71.8 Å². The van der Waals surface area contributed by atoms with Gasteiger partial charge in [0, 0.05) is 12.6 Å². The molecule has 0 aromatic rings. The molecule has 0 amide bonds. The number of hydrogen-bond donors (Lipinski definition) is 2. The Balaban J connectivity index is 3.88. The number of guanidine groups is 1. The molecule has 12 heavy (non-hydrogen) atoms. The third-order valence-corrected chi connectivity index (χ3v) is 1.19. The minimum atomic E-state index is -0.192. The monoisotopic (exact) mass is 170 g/mol. The van der Waals surface area contributed by atoms with Gasteiger partial charge in [-0.25, -0.2) is 4.99 Å². The molecule has 68 valence electrons. The highest BCUT2D eigenvalue weighted by Gasteiger charge is 1.93. The van der Waals surface area contributed by atoms with Crippen LogP contribution >= 0.6 is 0 Å². The smallest absolute Gasteiger partial charge is 0.212 e. The van der Waals surface area contributed by atoms with E-state index in [1.54, 1.807) is 6.21 Å². The molecule has 0 fully saturated rings. The van der Waals surface area contributed by atoms with Crippen LogP contribution in [-0.4, -0.2) is 25.0 Å². The van der Waals surface area contributed by atoms with Gasteiger partial charge >= 0.3 is 0 Å². The Hall–Kier alpha value is -1.39. The second-order valence-electron chi connectivity index (χ2n) is 2.09. The van der Waals surface area contributed by atoms with E-state index in [4.69, 9.17) is 11.1 Å². The lowest BCUT2D eigenvalue weighted by molar-refractivity contribution is 0.212. The number of nitrogens with zero attached hydrogens (tertiary/aromatic N) is 2. The zero-order valence-electron chi connectivity index (χ0n) is 7.37. The van der Waals surface area contributed by atoms with Gasteiger partial charge in [-0.2, -0.15) is 0 Å². The number of nitrogens with two attached hydrogens (primary N) is 1. The van der Waals surface area contributed by atoms with Crippen LogP contribution in [0.5, 0.6) is 0 Å². The van der Waals surface area contributed by atoms with Crippen molar-refractivity contribution in [1.29, 1.82) is 5.41 Å². The highest BCUT2D eigenvalue weighted by Crippen LogP contribution is 1.90. The van der Waals surface area contributed by atoms with Gasteiger partial charge in [0.05, 0.1) is 5.71 Å². The fourth-order valence-electron chi connectivity index (χ4n) is 0.625. The Bertz CT molecular complexity index is 198. The summed E-state index contributed by atoms with van der Waals surface area (Å²) in [4.78, 5) is 8.19. The predicted octanol–water partition coefficient (Wildman–Crippen LogP) is 0.753. The first-order valence-corrected chi connectivity index (χ1v) is 3.66. The molecule has 0 saturated carbocycles. The molecule has 5 heteroatoms. The van der Waals surface area contributed by atoms with Gasteiger partial charge in [-0.05, 0) is 6.42 Å². The van der Waals surface area contributed by atoms with Gasteiger partial charge in [0.25, 0.3) is 0 Å². The quantitative estimate of drug-likeness (QED) is 0.370. The first-order chi connectivity index (χ1) is 5.70. The van der Waals surface area contributed by atoms with Crippen LogP contribution in [0.25, 0.3) is 0 Å². The molecule has 0 rings (SSSR count). The molecule has 0 spiro atoms. The van der Waals surface area contributed by atoms with Crippen LogP contribution in [0.1, 0.15) is 19.8 Å². The number of nitrogens with one attached hydrogen (secondary N) is 1. The number of oxime groups is 1. The molecule has 0 radical (unpaired) electrons. The predicted molar refractivity (Wildman–Crippen MR) is 49.8 cm³/mol. The van der Waals surface area contributed by atoms with Crippen molar-refractivity contribution in [2.75, 3.05) is 7.11 Å². The fraction of sp³-hybridized carbons (Fsp3) is 0.571. The number of aliphatic imine (C=N–C) groups is 1. The Kier molecular flexibility index (Phi) is 5.60. The third kappa shape index (κ3) is 5.40. The summed E-state index contributed by atoms with van der Waals surface area (Å²) < 4.78 is 0. The maximum atomic E-state index is 6.81. The average Bonchev–Trinajstić information content (AvgIpc) is 2.02. The van der Waals surface area contributed by atoms with E-state index in [-0.39, 0.29) is 5.96 Å². The van der Waals surface area contributed by atoms with Crippen LogP contribution in [0.4, 0.5) is 0 Å². The molecular formula is C7H14N4O. The molecule has 0 saturated heterocycles. The second kappa shape index (κ2) is 6.33. The Morgan fingerprint density at radius 1 is 1.67 bits per heavy atom. The maximum absolute atomic E-state index is 6.81. The molecule has 0 aromatic carbocycles. The summed E-state index contributed by atoms with van der Waals surface area (Å²) in [6.07, 6.45) is 2.92. The normalized spacial score (nSPS) is 12.0. The summed E-state index contributed by atoms with van der Waals surface area (Å²) in [5.41, 5.74) is 5.89. The topological polar surface area (TPSA) is 83.8 Å². The highest BCUT2D eigenvalue weighted by molar-refractivity contribution is 5.97. The molecule has 0 heterocycles. The van der Waals surface area contributed by atoms with Crippen molar-refractivity contribution in [3.8, 4) is 0 Å². The largest absolute Gasteiger partial charge is 0.399 e. The van der Waals surface area contributed by atoms with Crippen LogP contribution in [-0.2, 0) is 4.84 Å². The lowest BCUT2D eigenvalue weighted by Crippen LogP contribution is -2.06. The van der Waals surface area contributed by atoms with Crippen molar-refractivity contribution in [3.63, 3.8) is 0 Å². The summed E-state index contributed by atoms with van der Waals surface area (Å²) in [6, 6.07) is 0. The van der Waals surface area contributed by atoms with Crippen LogP contribution in [0.2, 0.25) is 0 Å². The van der Waals surface area contributed by atoms with E-state index in [9.17, 15) is 0 Å². The summed E-state index contributed by atoms with van der Waals surface area (Å²) in [5.74, 6) is -0.192. The maximum Gasteiger partial charge on any atom is 0.212 e. The van der Waals surface area contributed by atoms with Crippen molar-refractivity contribution >= 4 is 17.9 Å². The molecule has 0 aliphatic carbocycles. The van der Waals surface area contributed by atoms with E-state index in [0.29, 0.717) is 6.42 Å². The van der Waals surface area contributed by atoms with Crippen molar-refractivity contribution in [1.82, 2.24) is 0 Å². The summed E-state index contributed by atoms with van der Waals surface area (Å²) >= 11 is 0. The molecule has 0 atom stereocenters. The zero-order valence-corrected chi connectivity index (χ0v) is 7.37. The van der Waals surface area contributed by atoms with E-state index in [2.05, 4.69) is 15.0 Å². The van der Waals surface area contributed by atoms with Gasteiger partial charge in [0.15, 0.2) is 0 Å². The molecular weight excluding hydrogens is 156 g/mol. The second-order valence-corrected chi connectivity index (χ2v) is 2.09. The summed E-state index contributed by atoms with van der Waals surface area (Å²) in [6.45, 7) is 1.97. The molecule has 0 aliphatic rings. The first-order valence-electron chi connectivity index (χ1n) is 3.66. The van der Waals surface area contributed by atoms with E-state index < -0.39 is 0 Å². The molecule has 3 N–H and O–H groups in total. The average molecular weight is 170 g/mol. The van der Waals surface area contributed by atoms with Crippen molar-refractivity contribution in [2.45, 2.75) is 19.8 Å². The minimum absolute atomic E-state index is 0.192. The van der Waals surface area contributed by atoms with Crippen molar-refractivity contribution in [2.24, 2.45) is 15.9 Å². The molecule has 0 bridgehead atoms. The summed E-state index contributed by atoms with van der Waals surface area (Å²) in [5, 5.41) is 10.6. The van der Waals surface area contributed by atoms with Crippen molar-refractivity contribution < 1.29 is 4.84 Å². The molecule has 0 aromatic heterocycles. The van der Waals surface area contributed by atoms with Crippen LogP contribution in [0.3, 0.4) is 0 Å². The van der Waals surface area contributed by atoms with Gasteiger partial charge in [-0.1, -0.05) is 12.1 Å². The van der Waals surface area contributed by atoms with Crippen LogP contribution < -0.4 is 5.73 Å². The molecule has 0 unspecified atom stereocenters. The van der Waals surface area contributed by atoms with Crippen LogP contribution in [0.15, 0.2) is 10.1 Å². The van der Waals surface area contributed by atoms with Crippen molar-refractivity contribution in [3.05, 3.63) is 0 Å². The molecule has 0 aliphatic heterocycles. The Morgan fingerprint density at radius 2 is 2.33 bits per heavy atom. The zero-order chi connectivity index (χ0) is 9.40. The number of rotatable bonds is 4. The van der Waals surface area contributed by atoms with Gasteiger partial charge in [0.2, 0.25) is 5.96 Å². The lowest BCUT2D eigenvalue weighted by atomic mass is 10.2. The van der Waals surface area contributed by atoms with Gasteiger partial charge < -0.3 is 10.6 Å². The highest BCUT2D eigenvalue weighted by atomic mass is 16.6. The third-order valence-electron chi connectivity index (χ3n) is 1.19. The number of hydrogen-bond acceptors (Lipinski definition) is 3. The van der Waals surface area contributed by atoms with Crippen LogP contribution in [0, 0.1) is 5.41 Å². The lowest BCUT2D eigenvalue weighted by Gasteiger charge is -1.96. The van der Waals surface area contributed by atoms with E-state index >= 15 is 0 Å². The fourth-order valence-corrected chi connectivity index (χ4v) is 0.625. The van der Waals surface area contributed by atoms with Gasteiger partial charge in [-0.15, -0.1) is 0 Å². The van der Waals surface area contributed by atoms with E-state index in [0.717, 1.165) is 12.1 Å². The standard InChI is InChI=1S/C7H14N4O/c1-3-6(11-12-2)4-5-10-7(8)9/h5H,3-4H2,1-2H3,(H3,8,9). The van der Waals surface area contributed by atoms with Gasteiger partial charge in [0.1, 0.15) is 7.11 Å².